The van der Waals surface area contributed by atoms with Gasteiger partial charge in [0.05, 0.1) is 0 Å². The fraction of sp³-hybridized carbons (Fsp3) is 0.333. The quantitative estimate of drug-likeness (QED) is 0.466. The fourth-order valence-corrected chi connectivity index (χ4v) is 7.45. The van der Waals surface area contributed by atoms with E-state index in [9.17, 15) is 44.0 Å². The maximum absolute atomic E-state index is 11.6. The zero-order valence-electron chi connectivity index (χ0n) is 10.5. The number of fused-ring (bicyclic) bond motifs is 1. The molecule has 1 unspecified atom stereocenters. The van der Waals surface area contributed by atoms with Crippen LogP contribution in [0.2, 0.25) is 0 Å². The van der Waals surface area contributed by atoms with E-state index in [4.69, 9.17) is 0 Å². The van der Waals surface area contributed by atoms with E-state index in [2.05, 4.69) is 0 Å². The minimum Gasteiger partial charge on any atom is -0.367 e. The normalized spacial score (nSPS) is 24.9. The molecule has 0 heterocycles. The number of rotatable bonds is 3. The van der Waals surface area contributed by atoms with Crippen LogP contribution >= 0.6 is 0 Å². The van der Waals surface area contributed by atoms with E-state index in [1.165, 1.54) is 6.07 Å². The molecule has 0 spiro atoms. The third-order valence-electron chi connectivity index (χ3n) is 3.53. The van der Waals surface area contributed by atoms with E-state index in [-0.39, 0.29) is 5.56 Å². The second-order valence-corrected chi connectivity index (χ2v) is 9.75. The molecule has 0 aromatic heterocycles. The highest BCUT2D eigenvalue weighted by atomic mass is 32.3. The lowest BCUT2D eigenvalue weighted by atomic mass is 10.1. The first-order valence-corrected chi connectivity index (χ1v) is 9.74. The number of benzene rings is 1. The molecule has 4 N–H and O–H groups in total. The summed E-state index contributed by atoms with van der Waals surface area (Å²) in [6, 6.07) is 4.33. The molecule has 0 amide bonds. The molecule has 10 nitrogen and oxygen atoms in total. The molecule has 2 rings (SSSR count). The summed E-state index contributed by atoms with van der Waals surface area (Å²) in [5, 5.41) is 10.3. The van der Waals surface area contributed by atoms with Crippen molar-refractivity contribution in [2.75, 3.05) is 0 Å². The van der Waals surface area contributed by atoms with E-state index in [0.29, 0.717) is 0 Å². The van der Waals surface area contributed by atoms with Gasteiger partial charge in [0.25, 0.3) is 29.2 Å². The molecule has 0 bridgehead atoms. The highest BCUT2D eigenvalue weighted by Gasteiger charge is 2.78. The zero-order chi connectivity index (χ0) is 17.2. The predicted molar refractivity (Wildman–Crippen MR) is 71.4 cm³/mol. The Bertz CT molecular complexity index is 911. The monoisotopic (exact) mass is 374 g/mol. The van der Waals surface area contributed by atoms with Crippen LogP contribution in [-0.4, -0.2) is 48.1 Å². The van der Waals surface area contributed by atoms with Crippen molar-refractivity contribution in [3.05, 3.63) is 35.4 Å². The van der Waals surface area contributed by atoms with Crippen molar-refractivity contribution in [3.63, 3.8) is 0 Å². The van der Waals surface area contributed by atoms with Crippen LogP contribution in [-0.2, 0) is 41.7 Å². The van der Waals surface area contributed by atoms with Crippen molar-refractivity contribution >= 4 is 30.4 Å². The van der Waals surface area contributed by atoms with Crippen molar-refractivity contribution in [3.8, 4) is 0 Å². The zero-order valence-corrected chi connectivity index (χ0v) is 12.9. The summed E-state index contributed by atoms with van der Waals surface area (Å²) in [6.07, 6.45) is -1.28. The lowest BCUT2D eigenvalue weighted by Crippen LogP contribution is -2.62. The van der Waals surface area contributed by atoms with E-state index in [1.807, 2.05) is 0 Å². The number of hydrogen-bond acceptors (Lipinski definition) is 7. The van der Waals surface area contributed by atoms with Gasteiger partial charge in [-0.15, -0.1) is 0 Å². The lowest BCUT2D eigenvalue weighted by Gasteiger charge is -2.34. The van der Waals surface area contributed by atoms with Gasteiger partial charge in [0.1, 0.15) is 0 Å². The summed E-state index contributed by atoms with van der Waals surface area (Å²) in [4.78, 5) is -4.00. The van der Waals surface area contributed by atoms with Gasteiger partial charge >= 0.3 is 10.1 Å². The highest BCUT2D eigenvalue weighted by molar-refractivity contribution is 8.06. The van der Waals surface area contributed by atoms with Crippen LogP contribution in [0.15, 0.2) is 24.3 Å². The van der Waals surface area contributed by atoms with Gasteiger partial charge in [-0.1, -0.05) is 24.3 Å². The third-order valence-corrected chi connectivity index (χ3v) is 8.91. The summed E-state index contributed by atoms with van der Waals surface area (Å²) in [6.45, 7) is 0. The lowest BCUT2D eigenvalue weighted by molar-refractivity contribution is 0.0970. The average molecular weight is 374 g/mol. The first kappa shape index (κ1) is 17.3. The molecule has 0 saturated heterocycles. The Hall–Kier alpha value is -1.09. The van der Waals surface area contributed by atoms with Gasteiger partial charge in [-0.3, -0.25) is 13.7 Å². The Morgan fingerprint density at radius 2 is 1.27 bits per heavy atom. The minimum atomic E-state index is -5.91. The van der Waals surface area contributed by atoms with E-state index < -0.39 is 51.4 Å². The fourth-order valence-electron chi connectivity index (χ4n) is 2.58. The molecule has 0 fully saturated rings. The van der Waals surface area contributed by atoms with Gasteiger partial charge in [-0.25, -0.2) is 0 Å². The Kier molecular flexibility index (Phi) is 3.51. The molecule has 1 aromatic carbocycles. The highest BCUT2D eigenvalue weighted by Crippen LogP contribution is 2.53. The number of hydrogen-bond donors (Lipinski definition) is 4. The van der Waals surface area contributed by atoms with Crippen molar-refractivity contribution in [1.29, 1.82) is 0 Å². The van der Waals surface area contributed by atoms with Crippen LogP contribution in [0.3, 0.4) is 0 Å². The van der Waals surface area contributed by atoms with Crippen LogP contribution in [0.1, 0.15) is 11.1 Å². The first-order valence-electron chi connectivity index (χ1n) is 5.42. The van der Waals surface area contributed by atoms with Crippen LogP contribution in [0.25, 0.3) is 0 Å². The van der Waals surface area contributed by atoms with Gasteiger partial charge in [0.15, 0.2) is 0 Å². The summed E-state index contributed by atoms with van der Waals surface area (Å²) in [7, 11) is -17.6. The van der Waals surface area contributed by atoms with E-state index >= 15 is 0 Å². The SMILES string of the molecule is O=S(=O)(O)C1(O)c2ccccc2CC1(S(=O)(=O)O)S(=O)(=O)O. The van der Waals surface area contributed by atoms with Gasteiger partial charge in [0, 0.05) is 12.0 Å². The summed E-state index contributed by atoms with van der Waals surface area (Å²) >= 11 is 0. The standard InChI is InChI=1S/C9H10O10S3/c10-9(22(17,18)19)7-4-2-1-3-6(7)5-8(9,20(11,12)13)21(14,15)16/h1-4,10H,5H2,(H,11,12,13)(H,14,15,16)(H,17,18,19). The molecule has 0 saturated carbocycles. The Labute approximate surface area is 125 Å². The van der Waals surface area contributed by atoms with Crippen LogP contribution in [0, 0.1) is 0 Å². The minimum absolute atomic E-state index is 0.308. The van der Waals surface area contributed by atoms with Gasteiger partial charge in [-0.2, -0.15) is 25.3 Å². The maximum Gasteiger partial charge on any atom is 0.302 e. The maximum atomic E-state index is 11.6. The molecular weight excluding hydrogens is 364 g/mol. The Morgan fingerprint density at radius 1 is 0.818 bits per heavy atom. The van der Waals surface area contributed by atoms with Gasteiger partial charge in [-0.05, 0) is 5.56 Å². The molecule has 124 valence electrons. The Balaban J connectivity index is 3.13. The van der Waals surface area contributed by atoms with Crippen molar-refractivity contribution in [2.24, 2.45) is 0 Å². The first-order chi connectivity index (χ1) is 9.70. The van der Waals surface area contributed by atoms with Crippen LogP contribution < -0.4 is 0 Å². The van der Waals surface area contributed by atoms with E-state index in [0.717, 1.165) is 18.2 Å². The van der Waals surface area contributed by atoms with Gasteiger partial charge < -0.3 is 5.11 Å². The summed E-state index contributed by atoms with van der Waals surface area (Å²) < 4.78 is 93.4. The predicted octanol–water partition coefficient (Wildman–Crippen LogP) is -1.25. The van der Waals surface area contributed by atoms with Crippen molar-refractivity contribution < 1.29 is 44.0 Å². The largest absolute Gasteiger partial charge is 0.367 e. The van der Waals surface area contributed by atoms with Gasteiger partial charge in [0.2, 0.25) is 0 Å². The van der Waals surface area contributed by atoms with Crippen molar-refractivity contribution in [1.82, 2.24) is 0 Å². The molecule has 1 aromatic rings. The molecule has 1 atom stereocenters. The average Bonchev–Trinajstić information content (AvgIpc) is 2.60. The molecule has 0 aliphatic heterocycles. The molecule has 22 heavy (non-hydrogen) atoms. The smallest absolute Gasteiger partial charge is 0.302 e. The summed E-state index contributed by atoms with van der Waals surface area (Å²) in [5.74, 6) is 0. The van der Waals surface area contributed by atoms with Crippen molar-refractivity contribution in [2.45, 2.75) is 15.4 Å². The molecular formula is C9H10O10S3. The molecule has 0 radical (unpaired) electrons. The Morgan fingerprint density at radius 3 is 1.68 bits per heavy atom. The van der Waals surface area contributed by atoms with Crippen LogP contribution in [0.5, 0.6) is 0 Å². The molecule has 1 aliphatic carbocycles. The summed E-state index contributed by atoms with van der Waals surface area (Å²) in [5.41, 5.74) is -1.09. The molecule has 13 heteroatoms. The third kappa shape index (κ3) is 1.87. The molecule has 1 aliphatic rings. The van der Waals surface area contributed by atoms with E-state index in [1.54, 1.807) is 0 Å². The number of aliphatic hydroxyl groups is 1. The second kappa shape index (κ2) is 4.47. The second-order valence-electron chi connectivity index (χ2n) is 4.66. The topological polar surface area (TPSA) is 183 Å². The van der Waals surface area contributed by atoms with Crippen LogP contribution in [0.4, 0.5) is 0 Å².